The number of carbonyl (C=O) groups is 1. The van der Waals surface area contributed by atoms with Crippen molar-refractivity contribution in [3.05, 3.63) is 42.1 Å². The number of amides is 1. The quantitative estimate of drug-likeness (QED) is 0.876. The molecule has 6 heteroatoms. The Hall–Kier alpha value is -2.08. The average molecular weight is 299 g/mol. The van der Waals surface area contributed by atoms with Gasteiger partial charge in [0.25, 0.3) is 11.9 Å². The molecule has 1 aromatic carbocycles. The Morgan fingerprint density at radius 2 is 2.24 bits per heavy atom. The van der Waals surface area contributed by atoms with Gasteiger partial charge in [-0.3, -0.25) is 20.1 Å². The molecule has 1 amide bonds. The standard InChI is InChI=1S/C15H13N3O2S/c16-15-18(12-7-21-8-13(12)20-15)14(19)10-3-1-5-11-9(10)4-2-6-17-11/h1-6,12-13,16H,7-8H2/t12-,13+/m1/s1. The van der Waals surface area contributed by atoms with E-state index in [1.807, 2.05) is 24.3 Å². The number of nitrogens with zero attached hydrogens (tertiary/aromatic N) is 2. The topological polar surface area (TPSA) is 66.3 Å². The monoisotopic (exact) mass is 299 g/mol. The predicted molar refractivity (Wildman–Crippen MR) is 81.6 cm³/mol. The number of hydrogen-bond acceptors (Lipinski definition) is 5. The number of hydrogen-bond donors (Lipinski definition) is 1. The molecule has 2 atom stereocenters. The highest BCUT2D eigenvalue weighted by atomic mass is 32.2. The fraction of sp³-hybridized carbons (Fsp3) is 0.267. The Morgan fingerprint density at radius 1 is 1.33 bits per heavy atom. The van der Waals surface area contributed by atoms with Crippen LogP contribution in [-0.2, 0) is 4.74 Å². The second-order valence-electron chi connectivity index (χ2n) is 5.12. The first-order valence-corrected chi connectivity index (χ1v) is 7.91. The van der Waals surface area contributed by atoms with Gasteiger partial charge in [-0.05, 0) is 18.2 Å². The third-order valence-electron chi connectivity index (χ3n) is 3.91. The molecule has 2 saturated heterocycles. The highest BCUT2D eigenvalue weighted by Crippen LogP contribution is 2.33. The van der Waals surface area contributed by atoms with E-state index in [9.17, 15) is 4.79 Å². The van der Waals surface area contributed by atoms with Crippen LogP contribution < -0.4 is 0 Å². The number of amidine groups is 1. The first kappa shape index (κ1) is 12.6. The molecule has 5 nitrogen and oxygen atoms in total. The van der Waals surface area contributed by atoms with Gasteiger partial charge in [-0.25, -0.2) is 0 Å². The number of ether oxygens (including phenoxy) is 1. The lowest BCUT2D eigenvalue weighted by Crippen LogP contribution is -2.41. The van der Waals surface area contributed by atoms with Crippen LogP contribution in [0, 0.1) is 5.41 Å². The summed E-state index contributed by atoms with van der Waals surface area (Å²) in [6.45, 7) is 0. The summed E-state index contributed by atoms with van der Waals surface area (Å²) in [5, 5.41) is 8.76. The molecule has 2 aliphatic heterocycles. The number of thioether (sulfide) groups is 1. The van der Waals surface area contributed by atoms with Gasteiger partial charge in [0.15, 0.2) is 0 Å². The summed E-state index contributed by atoms with van der Waals surface area (Å²) in [5.41, 5.74) is 1.36. The first-order chi connectivity index (χ1) is 10.3. The van der Waals surface area contributed by atoms with Crippen molar-refractivity contribution in [2.45, 2.75) is 12.1 Å². The second-order valence-corrected chi connectivity index (χ2v) is 6.19. The molecule has 4 rings (SSSR count). The van der Waals surface area contributed by atoms with E-state index < -0.39 is 0 Å². The smallest absolute Gasteiger partial charge is 0.292 e. The minimum atomic E-state index is -0.173. The van der Waals surface area contributed by atoms with E-state index in [-0.39, 0.29) is 24.1 Å². The van der Waals surface area contributed by atoms with Crippen molar-refractivity contribution in [3.63, 3.8) is 0 Å². The Kier molecular flexibility index (Phi) is 2.85. The number of carbonyl (C=O) groups excluding carboxylic acids is 1. The number of pyridine rings is 1. The molecule has 21 heavy (non-hydrogen) atoms. The van der Waals surface area contributed by atoms with Crippen LogP contribution in [0.1, 0.15) is 10.4 Å². The van der Waals surface area contributed by atoms with Crippen LogP contribution in [-0.4, -0.2) is 45.5 Å². The van der Waals surface area contributed by atoms with Gasteiger partial charge in [0.05, 0.1) is 11.6 Å². The molecule has 0 radical (unpaired) electrons. The molecule has 0 unspecified atom stereocenters. The molecule has 3 heterocycles. The van der Waals surface area contributed by atoms with Crippen molar-refractivity contribution >= 4 is 34.6 Å². The lowest BCUT2D eigenvalue weighted by atomic mass is 10.1. The van der Waals surface area contributed by atoms with Crippen molar-refractivity contribution in [2.24, 2.45) is 0 Å². The highest BCUT2D eigenvalue weighted by Gasteiger charge is 2.46. The zero-order valence-electron chi connectivity index (χ0n) is 11.2. The molecular formula is C15H13N3O2S. The Morgan fingerprint density at radius 3 is 3.14 bits per heavy atom. The van der Waals surface area contributed by atoms with Crippen LogP contribution >= 0.6 is 11.8 Å². The number of fused-ring (bicyclic) bond motifs is 2. The van der Waals surface area contributed by atoms with E-state index in [0.29, 0.717) is 5.56 Å². The molecule has 2 aromatic rings. The zero-order chi connectivity index (χ0) is 14.4. The fourth-order valence-electron chi connectivity index (χ4n) is 2.89. The zero-order valence-corrected chi connectivity index (χ0v) is 12.0. The van der Waals surface area contributed by atoms with Gasteiger partial charge < -0.3 is 4.74 Å². The van der Waals surface area contributed by atoms with Crippen LogP contribution in [0.3, 0.4) is 0 Å². The molecule has 106 valence electrons. The van der Waals surface area contributed by atoms with Gasteiger partial charge in [0.2, 0.25) is 0 Å². The summed E-state index contributed by atoms with van der Waals surface area (Å²) < 4.78 is 5.50. The molecule has 0 bridgehead atoms. The summed E-state index contributed by atoms with van der Waals surface area (Å²) in [5.74, 6) is 1.49. The SMILES string of the molecule is N=C1O[C@H]2CSC[C@H]2N1C(=O)c1cccc2ncccc12. The van der Waals surface area contributed by atoms with Crippen molar-refractivity contribution < 1.29 is 9.53 Å². The lowest BCUT2D eigenvalue weighted by molar-refractivity contribution is 0.0825. The van der Waals surface area contributed by atoms with E-state index in [2.05, 4.69) is 4.98 Å². The number of rotatable bonds is 1. The normalized spacial score (nSPS) is 24.2. The lowest BCUT2D eigenvalue weighted by Gasteiger charge is -2.20. The van der Waals surface area contributed by atoms with Crippen LogP contribution in [0.25, 0.3) is 10.9 Å². The molecule has 0 aliphatic carbocycles. The molecule has 2 fully saturated rings. The minimum absolute atomic E-state index is 0.0260. The Balaban J connectivity index is 1.78. The summed E-state index contributed by atoms with van der Waals surface area (Å²) in [6.07, 6.45) is 1.67. The van der Waals surface area contributed by atoms with E-state index in [4.69, 9.17) is 10.1 Å². The molecule has 2 aliphatic rings. The average Bonchev–Trinajstić information content (AvgIpc) is 3.06. The van der Waals surface area contributed by atoms with Gasteiger partial charge in [-0.15, -0.1) is 0 Å². The molecule has 1 aromatic heterocycles. The fourth-order valence-corrected chi connectivity index (χ4v) is 4.15. The number of nitrogens with one attached hydrogen (secondary N) is 1. The molecule has 0 saturated carbocycles. The Bertz CT molecular complexity index is 743. The highest BCUT2D eigenvalue weighted by molar-refractivity contribution is 7.99. The second kappa shape index (κ2) is 4.73. The predicted octanol–water partition coefficient (Wildman–Crippen LogP) is 2.13. The Labute approximate surface area is 125 Å². The number of benzene rings is 1. The van der Waals surface area contributed by atoms with Crippen LogP contribution in [0.15, 0.2) is 36.5 Å². The van der Waals surface area contributed by atoms with Crippen molar-refractivity contribution in [3.8, 4) is 0 Å². The summed E-state index contributed by atoms with van der Waals surface area (Å²) >= 11 is 1.76. The van der Waals surface area contributed by atoms with Gasteiger partial charge in [-0.1, -0.05) is 12.1 Å². The minimum Gasteiger partial charge on any atom is -0.459 e. The maximum Gasteiger partial charge on any atom is 0.292 e. The first-order valence-electron chi connectivity index (χ1n) is 6.76. The van der Waals surface area contributed by atoms with Crippen LogP contribution in [0.5, 0.6) is 0 Å². The third kappa shape index (κ3) is 1.90. The van der Waals surface area contributed by atoms with Crippen molar-refractivity contribution in [1.29, 1.82) is 5.41 Å². The third-order valence-corrected chi connectivity index (χ3v) is 5.05. The van der Waals surface area contributed by atoms with Crippen molar-refractivity contribution in [1.82, 2.24) is 9.88 Å². The maximum atomic E-state index is 12.9. The maximum absolute atomic E-state index is 12.9. The van der Waals surface area contributed by atoms with E-state index >= 15 is 0 Å². The molecule has 1 N–H and O–H groups in total. The van der Waals surface area contributed by atoms with Gasteiger partial charge in [0.1, 0.15) is 6.10 Å². The van der Waals surface area contributed by atoms with E-state index in [1.54, 1.807) is 24.0 Å². The van der Waals surface area contributed by atoms with Crippen molar-refractivity contribution in [2.75, 3.05) is 11.5 Å². The molecular weight excluding hydrogens is 286 g/mol. The molecule has 0 spiro atoms. The number of aromatic nitrogens is 1. The largest absolute Gasteiger partial charge is 0.459 e. The summed E-state index contributed by atoms with van der Waals surface area (Å²) in [4.78, 5) is 18.7. The summed E-state index contributed by atoms with van der Waals surface area (Å²) in [6, 6.07) is 9.14. The van der Waals surface area contributed by atoms with E-state index in [0.717, 1.165) is 22.4 Å². The van der Waals surface area contributed by atoms with Gasteiger partial charge in [0, 0.05) is 28.7 Å². The summed E-state index contributed by atoms with van der Waals surface area (Å²) in [7, 11) is 0. The van der Waals surface area contributed by atoms with Crippen LogP contribution in [0.2, 0.25) is 0 Å². The van der Waals surface area contributed by atoms with Gasteiger partial charge >= 0.3 is 0 Å². The van der Waals surface area contributed by atoms with Crippen LogP contribution in [0.4, 0.5) is 0 Å². The van der Waals surface area contributed by atoms with E-state index in [1.165, 1.54) is 4.90 Å². The van der Waals surface area contributed by atoms with Gasteiger partial charge in [-0.2, -0.15) is 11.8 Å².